The quantitative estimate of drug-likeness (QED) is 0.349. The Kier molecular flexibility index (Phi) is 11.5. The van der Waals surface area contributed by atoms with Crippen LogP contribution in [0.3, 0.4) is 0 Å². The molecule has 0 bridgehead atoms. The van der Waals surface area contributed by atoms with Gasteiger partial charge in [0.1, 0.15) is 0 Å². The van der Waals surface area contributed by atoms with Crippen molar-refractivity contribution in [2.45, 2.75) is 64.7 Å². The average molecular weight is 356 g/mol. The Balaban J connectivity index is 0. The second-order valence-electron chi connectivity index (χ2n) is 5.16. The second kappa shape index (κ2) is 9.80. The summed E-state index contributed by atoms with van der Waals surface area (Å²) in [4.78, 5) is 0. The molecule has 0 unspecified atom stereocenters. The van der Waals surface area contributed by atoms with Gasteiger partial charge in [-0.05, 0) is 0 Å². The summed E-state index contributed by atoms with van der Waals surface area (Å²) >= 11 is 0. The van der Waals surface area contributed by atoms with Crippen molar-refractivity contribution >= 4 is 0 Å². The van der Waals surface area contributed by atoms with Gasteiger partial charge in [0.15, 0.2) is 0 Å². The molecule has 0 aromatic heterocycles. The largest absolute Gasteiger partial charge is 4.00 e. The van der Waals surface area contributed by atoms with Crippen LogP contribution in [-0.2, 0) is 53.8 Å². The first kappa shape index (κ1) is 22.2. The molecular weight excluding hydrogens is 334 g/mol. The number of hydrogen-bond acceptors (Lipinski definition) is 0. The number of halogens is 3. The first-order valence-corrected chi connectivity index (χ1v) is 6.72. The van der Waals surface area contributed by atoms with Crippen molar-refractivity contribution in [2.75, 3.05) is 0 Å². The van der Waals surface area contributed by atoms with Crippen LogP contribution in [-0.4, -0.2) is 0 Å². The summed E-state index contributed by atoms with van der Waals surface area (Å²) in [6, 6.07) is 0. The third-order valence-electron chi connectivity index (χ3n) is 4.38. The average Bonchev–Trinajstić information content (AvgIpc) is 2.63. The molecule has 19 heavy (non-hydrogen) atoms. The Morgan fingerprint density at radius 3 is 1.47 bits per heavy atom. The fourth-order valence-corrected chi connectivity index (χ4v) is 3.75. The summed E-state index contributed by atoms with van der Waals surface area (Å²) in [5.74, 6) is 0. The van der Waals surface area contributed by atoms with E-state index in [0.29, 0.717) is 0 Å². The number of rotatable bonds is 1. The van der Waals surface area contributed by atoms with E-state index < -0.39 is 0 Å². The van der Waals surface area contributed by atoms with Gasteiger partial charge in [-0.2, -0.15) is 27.8 Å². The van der Waals surface area contributed by atoms with Gasteiger partial charge in [0.05, 0.1) is 0 Å². The van der Waals surface area contributed by atoms with Gasteiger partial charge < -0.3 is 37.2 Å². The number of hydrogen-bond donors (Lipinski definition) is 0. The van der Waals surface area contributed by atoms with E-state index >= 15 is 0 Å². The van der Waals surface area contributed by atoms with E-state index in [-0.39, 0.29) is 58.9 Å². The standard InChI is InChI=1S/C15H21.3ClH.Ti/c1-2-11-12-7-3-5-9-14(12)15-10-6-4-8-13(11)15;;;;/h2-10H2,1H3;3*1H;/q-1;;;;+4/p-3. The van der Waals surface area contributed by atoms with Crippen LogP contribution in [0.5, 0.6) is 0 Å². The van der Waals surface area contributed by atoms with Gasteiger partial charge in [-0.25, -0.2) is 0 Å². The van der Waals surface area contributed by atoms with Gasteiger partial charge in [0, 0.05) is 0 Å². The molecule has 2 aliphatic rings. The molecule has 0 spiro atoms. The van der Waals surface area contributed by atoms with Crippen molar-refractivity contribution in [1.29, 1.82) is 0 Å². The predicted molar refractivity (Wildman–Crippen MR) is 64.7 cm³/mol. The second-order valence-corrected chi connectivity index (χ2v) is 5.16. The molecule has 0 saturated heterocycles. The zero-order valence-electron chi connectivity index (χ0n) is 11.5. The van der Waals surface area contributed by atoms with Crippen LogP contribution in [0.1, 0.15) is 60.4 Å². The van der Waals surface area contributed by atoms with Gasteiger partial charge in [0.25, 0.3) is 0 Å². The molecule has 106 valence electrons. The van der Waals surface area contributed by atoms with E-state index in [1.807, 2.05) is 0 Å². The maximum Gasteiger partial charge on any atom is 4.00 e. The van der Waals surface area contributed by atoms with E-state index in [4.69, 9.17) is 0 Å². The summed E-state index contributed by atoms with van der Waals surface area (Å²) in [5.41, 5.74) is 8.94. The van der Waals surface area contributed by atoms with Crippen LogP contribution < -0.4 is 37.2 Å². The Labute approximate surface area is 151 Å². The molecule has 0 heterocycles. The normalized spacial score (nSPS) is 15.6. The fourth-order valence-electron chi connectivity index (χ4n) is 3.75. The molecule has 0 atom stereocenters. The molecule has 0 nitrogen and oxygen atoms in total. The van der Waals surface area contributed by atoms with Gasteiger partial charge >= 0.3 is 21.7 Å². The molecule has 1 aromatic carbocycles. The Morgan fingerprint density at radius 1 is 0.737 bits per heavy atom. The van der Waals surface area contributed by atoms with Crippen LogP contribution in [0.2, 0.25) is 0 Å². The molecule has 0 fully saturated rings. The Morgan fingerprint density at radius 2 is 1.11 bits per heavy atom. The van der Waals surface area contributed by atoms with Crippen LogP contribution >= 0.6 is 0 Å². The first-order valence-electron chi connectivity index (χ1n) is 6.72. The smallest absolute Gasteiger partial charge is 1.00 e. The minimum atomic E-state index is 0. The van der Waals surface area contributed by atoms with Crippen molar-refractivity contribution in [2.24, 2.45) is 0 Å². The summed E-state index contributed by atoms with van der Waals surface area (Å²) in [7, 11) is 0. The van der Waals surface area contributed by atoms with E-state index in [1.54, 1.807) is 27.8 Å². The summed E-state index contributed by atoms with van der Waals surface area (Å²) < 4.78 is 0. The van der Waals surface area contributed by atoms with E-state index in [2.05, 4.69) is 6.92 Å². The summed E-state index contributed by atoms with van der Waals surface area (Å²) in [6.45, 7) is 2.35. The molecule has 1 aromatic rings. The fraction of sp³-hybridized carbons (Fsp3) is 0.667. The molecule has 3 rings (SSSR count). The van der Waals surface area contributed by atoms with Crippen molar-refractivity contribution < 1.29 is 58.9 Å². The zero-order valence-corrected chi connectivity index (χ0v) is 15.3. The van der Waals surface area contributed by atoms with Crippen molar-refractivity contribution in [3.8, 4) is 0 Å². The van der Waals surface area contributed by atoms with E-state index in [9.17, 15) is 0 Å². The van der Waals surface area contributed by atoms with Crippen LogP contribution in [0.4, 0.5) is 0 Å². The topological polar surface area (TPSA) is 0 Å². The van der Waals surface area contributed by atoms with Gasteiger partial charge in [-0.3, -0.25) is 0 Å². The minimum Gasteiger partial charge on any atom is -1.00 e. The molecule has 0 N–H and O–H groups in total. The van der Waals surface area contributed by atoms with Gasteiger partial charge in [0.2, 0.25) is 0 Å². The third kappa shape index (κ3) is 3.98. The monoisotopic (exact) mass is 354 g/mol. The predicted octanol–water partition coefficient (Wildman–Crippen LogP) is -5.26. The number of fused-ring (bicyclic) bond motifs is 3. The summed E-state index contributed by atoms with van der Waals surface area (Å²) in [6.07, 6.45) is 12.6. The first-order chi connectivity index (χ1) is 7.42. The molecule has 4 heteroatoms. The van der Waals surface area contributed by atoms with Crippen LogP contribution in [0, 0.1) is 0 Å². The SMILES string of the molecule is CC[c-]1c2c(c3c1CCCC3)CCCC2.[Cl-].[Cl-].[Cl-].[Ti+4]. The molecular formula is C15H21Cl3Ti. The Hall–Kier alpha value is 0.934. The van der Waals surface area contributed by atoms with Crippen molar-refractivity contribution in [1.82, 2.24) is 0 Å². The van der Waals surface area contributed by atoms with E-state index in [1.165, 1.54) is 57.8 Å². The third-order valence-corrected chi connectivity index (χ3v) is 4.38. The van der Waals surface area contributed by atoms with E-state index in [0.717, 1.165) is 0 Å². The molecule has 0 aliphatic heterocycles. The van der Waals surface area contributed by atoms with Gasteiger partial charge in [-0.1, -0.05) is 64.7 Å². The van der Waals surface area contributed by atoms with Crippen LogP contribution in [0.25, 0.3) is 0 Å². The molecule has 0 saturated carbocycles. The molecule has 0 amide bonds. The van der Waals surface area contributed by atoms with Gasteiger partial charge in [-0.15, -0.1) is 0 Å². The van der Waals surface area contributed by atoms with Crippen LogP contribution in [0.15, 0.2) is 0 Å². The maximum atomic E-state index is 2.35. The van der Waals surface area contributed by atoms with Crippen molar-refractivity contribution in [3.05, 3.63) is 27.8 Å². The minimum absolute atomic E-state index is 0. The Bertz CT molecular complexity index is 300. The molecule has 0 radical (unpaired) electrons. The summed E-state index contributed by atoms with van der Waals surface area (Å²) in [5, 5.41) is 0. The molecule has 2 aliphatic carbocycles. The van der Waals surface area contributed by atoms with Crippen molar-refractivity contribution in [3.63, 3.8) is 0 Å². The zero-order chi connectivity index (χ0) is 10.3. The maximum absolute atomic E-state index is 2.35.